The number of ketones is 1. The Morgan fingerprint density at radius 1 is 0.828 bits per heavy atom. The lowest BCUT2D eigenvalue weighted by molar-refractivity contribution is 0.101. The summed E-state index contributed by atoms with van der Waals surface area (Å²) in [6, 6.07) is 15.9. The molecule has 3 aromatic carbocycles. The van der Waals surface area contributed by atoms with E-state index in [1.54, 1.807) is 31.2 Å². The molecule has 0 aliphatic carbocycles. The number of carbonyl (C=O) groups excluding carboxylic acids is 1. The normalized spacial score (nSPS) is 13.3. The molecule has 0 spiro atoms. The maximum absolute atomic E-state index is 12.4. The molecule has 4 nitrogen and oxygen atoms in total. The molecule has 1 heterocycles. The minimum Gasteiger partial charge on any atom is -0.508 e. The number of rotatable bonds is 2. The van der Waals surface area contributed by atoms with Crippen molar-refractivity contribution in [1.29, 1.82) is 0 Å². The van der Waals surface area contributed by atoms with Crippen molar-refractivity contribution < 1.29 is 19.7 Å². The number of hydrogen-bond donors (Lipinski definition) is 2. The molecule has 1 aliphatic rings. The van der Waals surface area contributed by atoms with Crippen LogP contribution in [0.15, 0.2) is 54.6 Å². The van der Waals surface area contributed by atoms with E-state index < -0.39 is 5.41 Å². The Bertz CT molecular complexity index is 1030. The summed E-state index contributed by atoms with van der Waals surface area (Å²) in [6.45, 7) is 9.56. The van der Waals surface area contributed by atoms with Gasteiger partial charge in [0.05, 0.1) is 5.41 Å². The lowest BCUT2D eigenvalue weighted by atomic mass is 9.67. The summed E-state index contributed by atoms with van der Waals surface area (Å²) in [5.41, 5.74) is 3.55. The van der Waals surface area contributed by atoms with Gasteiger partial charge in [-0.05, 0) is 44.5 Å². The van der Waals surface area contributed by atoms with Crippen LogP contribution in [0, 0.1) is 6.92 Å². The first-order valence-electron chi connectivity index (χ1n) is 9.77. The standard InChI is InChI=1S/C23H20O4.C2H6/c1-13-4-7-18(17(10-13)14(2)24)23(3)19-8-5-15(25)11-21(19)27-22-12-16(26)6-9-20(22)23;1-2/h4-12,25-26H,1-3H3;1-2H3. The number of aromatic hydroxyl groups is 2. The van der Waals surface area contributed by atoms with Crippen LogP contribution in [0.4, 0.5) is 0 Å². The second kappa shape index (κ2) is 7.63. The molecule has 0 amide bonds. The van der Waals surface area contributed by atoms with Crippen LogP contribution in [0.3, 0.4) is 0 Å². The van der Waals surface area contributed by atoms with Crippen molar-refractivity contribution in [3.8, 4) is 23.0 Å². The molecule has 0 unspecified atom stereocenters. The zero-order chi connectivity index (χ0) is 21.3. The van der Waals surface area contributed by atoms with E-state index in [0.717, 1.165) is 22.3 Å². The lowest BCUT2D eigenvalue weighted by Gasteiger charge is -2.39. The van der Waals surface area contributed by atoms with Crippen molar-refractivity contribution in [3.05, 3.63) is 82.4 Å². The van der Waals surface area contributed by atoms with Crippen LogP contribution in [0.1, 0.15) is 60.3 Å². The van der Waals surface area contributed by atoms with E-state index in [4.69, 9.17) is 4.74 Å². The van der Waals surface area contributed by atoms with Gasteiger partial charge in [0.2, 0.25) is 0 Å². The van der Waals surface area contributed by atoms with Crippen LogP contribution < -0.4 is 4.74 Å². The summed E-state index contributed by atoms with van der Waals surface area (Å²) in [4.78, 5) is 12.4. The van der Waals surface area contributed by atoms with Gasteiger partial charge < -0.3 is 14.9 Å². The molecule has 0 saturated heterocycles. The Morgan fingerprint density at radius 2 is 1.31 bits per heavy atom. The summed E-state index contributed by atoms with van der Waals surface area (Å²) in [6.07, 6.45) is 0. The highest BCUT2D eigenvalue weighted by Gasteiger charge is 2.41. The Morgan fingerprint density at radius 3 is 1.79 bits per heavy atom. The molecule has 0 saturated carbocycles. The maximum atomic E-state index is 12.4. The predicted octanol–water partition coefficient (Wildman–Crippen LogP) is 6.10. The molecule has 2 N–H and O–H groups in total. The molecule has 4 rings (SSSR count). The van der Waals surface area contributed by atoms with Gasteiger partial charge in [0.25, 0.3) is 0 Å². The molecule has 0 atom stereocenters. The largest absolute Gasteiger partial charge is 0.508 e. The third-order valence-corrected chi connectivity index (χ3v) is 5.32. The van der Waals surface area contributed by atoms with Crippen LogP contribution in [0.25, 0.3) is 0 Å². The molecule has 4 heteroatoms. The SMILES string of the molecule is CC.CC(=O)c1cc(C)ccc1C1(C)c2ccc(O)cc2Oc2cc(O)ccc21. The fourth-order valence-corrected chi connectivity index (χ4v) is 3.96. The number of phenolic OH excluding ortho intramolecular Hbond substituents is 2. The molecule has 0 bridgehead atoms. The van der Waals surface area contributed by atoms with Gasteiger partial charge in [-0.15, -0.1) is 0 Å². The van der Waals surface area contributed by atoms with Gasteiger partial charge in [-0.2, -0.15) is 0 Å². The molecule has 0 aromatic heterocycles. The number of Topliss-reactive ketones (excluding diaryl/α,β-unsaturated/α-hetero) is 1. The van der Waals surface area contributed by atoms with Crippen molar-refractivity contribution in [2.24, 2.45) is 0 Å². The second-order valence-corrected chi connectivity index (χ2v) is 7.19. The number of benzene rings is 3. The van der Waals surface area contributed by atoms with E-state index in [1.165, 1.54) is 0 Å². The fraction of sp³-hybridized carbons (Fsp3) is 0.240. The van der Waals surface area contributed by atoms with Gasteiger partial charge in [0, 0.05) is 28.8 Å². The first kappa shape index (κ1) is 20.5. The number of phenols is 2. The van der Waals surface area contributed by atoms with Gasteiger partial charge in [0.1, 0.15) is 23.0 Å². The summed E-state index contributed by atoms with van der Waals surface area (Å²) in [5.74, 6) is 1.18. The molecule has 1 aliphatic heterocycles. The summed E-state index contributed by atoms with van der Waals surface area (Å²) in [7, 11) is 0. The third kappa shape index (κ3) is 3.35. The quantitative estimate of drug-likeness (QED) is 0.519. The molecule has 29 heavy (non-hydrogen) atoms. The first-order valence-corrected chi connectivity index (χ1v) is 9.77. The maximum Gasteiger partial charge on any atom is 0.160 e. The molecule has 3 aromatic rings. The number of ether oxygens (including phenoxy) is 1. The summed E-state index contributed by atoms with van der Waals surface area (Å²) >= 11 is 0. The molecule has 0 radical (unpaired) electrons. The molecular formula is C25H26O4. The minimum atomic E-state index is -0.682. The zero-order valence-corrected chi connectivity index (χ0v) is 17.4. The molecular weight excluding hydrogens is 364 g/mol. The van der Waals surface area contributed by atoms with Crippen LogP contribution >= 0.6 is 0 Å². The van der Waals surface area contributed by atoms with E-state index in [0.29, 0.717) is 17.1 Å². The lowest BCUT2D eigenvalue weighted by Crippen LogP contribution is -2.31. The highest BCUT2D eigenvalue weighted by Crippen LogP contribution is 2.53. The van der Waals surface area contributed by atoms with Crippen molar-refractivity contribution in [2.45, 2.75) is 40.0 Å². The number of fused-ring (bicyclic) bond motifs is 2. The van der Waals surface area contributed by atoms with Gasteiger partial charge in [0.15, 0.2) is 5.78 Å². The summed E-state index contributed by atoms with van der Waals surface area (Å²) in [5, 5.41) is 19.9. The Hall–Kier alpha value is -3.27. The second-order valence-electron chi connectivity index (χ2n) is 7.19. The average Bonchev–Trinajstić information content (AvgIpc) is 2.68. The van der Waals surface area contributed by atoms with Gasteiger partial charge in [-0.25, -0.2) is 0 Å². The van der Waals surface area contributed by atoms with Crippen molar-refractivity contribution in [1.82, 2.24) is 0 Å². The van der Waals surface area contributed by atoms with Crippen LogP contribution in [-0.2, 0) is 5.41 Å². The van der Waals surface area contributed by atoms with Crippen molar-refractivity contribution >= 4 is 5.78 Å². The van der Waals surface area contributed by atoms with Crippen molar-refractivity contribution in [2.75, 3.05) is 0 Å². The first-order chi connectivity index (χ1) is 13.8. The van der Waals surface area contributed by atoms with E-state index in [-0.39, 0.29) is 17.3 Å². The highest BCUT2D eigenvalue weighted by molar-refractivity contribution is 5.97. The van der Waals surface area contributed by atoms with E-state index in [9.17, 15) is 15.0 Å². The van der Waals surface area contributed by atoms with Gasteiger partial charge in [-0.1, -0.05) is 43.7 Å². The topological polar surface area (TPSA) is 66.8 Å². The third-order valence-electron chi connectivity index (χ3n) is 5.32. The van der Waals surface area contributed by atoms with Crippen LogP contribution in [0.2, 0.25) is 0 Å². The van der Waals surface area contributed by atoms with Gasteiger partial charge in [-0.3, -0.25) is 4.79 Å². The highest BCUT2D eigenvalue weighted by atomic mass is 16.5. The smallest absolute Gasteiger partial charge is 0.160 e. The molecule has 150 valence electrons. The Balaban J connectivity index is 0.00000117. The molecule has 0 fully saturated rings. The van der Waals surface area contributed by atoms with E-state index in [1.807, 2.05) is 58.0 Å². The van der Waals surface area contributed by atoms with Crippen LogP contribution in [0.5, 0.6) is 23.0 Å². The zero-order valence-electron chi connectivity index (χ0n) is 17.4. The fourth-order valence-electron chi connectivity index (χ4n) is 3.96. The average molecular weight is 390 g/mol. The van der Waals surface area contributed by atoms with Crippen LogP contribution in [-0.4, -0.2) is 16.0 Å². The summed E-state index contributed by atoms with van der Waals surface area (Å²) < 4.78 is 5.98. The van der Waals surface area contributed by atoms with E-state index >= 15 is 0 Å². The number of carbonyl (C=O) groups is 1. The Labute approximate surface area is 171 Å². The van der Waals surface area contributed by atoms with Crippen molar-refractivity contribution in [3.63, 3.8) is 0 Å². The number of hydrogen-bond acceptors (Lipinski definition) is 4. The van der Waals surface area contributed by atoms with Gasteiger partial charge >= 0.3 is 0 Å². The monoisotopic (exact) mass is 390 g/mol. The predicted molar refractivity (Wildman–Crippen MR) is 114 cm³/mol. The minimum absolute atomic E-state index is 0.0120. The number of aryl methyl sites for hydroxylation is 1. The Kier molecular flexibility index (Phi) is 5.38. The van der Waals surface area contributed by atoms with E-state index in [2.05, 4.69) is 0 Å².